The zero-order valence-electron chi connectivity index (χ0n) is 43.4. The number of aromatic nitrogens is 1. The van der Waals surface area contributed by atoms with Gasteiger partial charge in [0, 0.05) is 33.5 Å². The Morgan fingerprint density at radius 2 is 0.734 bits per heavy atom. The van der Waals surface area contributed by atoms with Crippen LogP contribution in [0.5, 0.6) is 0 Å². The number of fused-ring (bicyclic) bond motifs is 7. The lowest BCUT2D eigenvalue weighted by atomic mass is 9.67. The minimum absolute atomic E-state index is 0.533. The van der Waals surface area contributed by atoms with Crippen LogP contribution in [0.4, 0.5) is 17.1 Å². The van der Waals surface area contributed by atoms with E-state index in [1.165, 1.54) is 99.3 Å². The molecule has 0 fully saturated rings. The van der Waals surface area contributed by atoms with Gasteiger partial charge in [0.1, 0.15) is 0 Å². The SMILES string of the molecule is c1ccc(-c2ccc(-n3c4ccccc4c4cc(-c5ccc(-c6cccc(N(c7ccc(-c8cccc9ccccc89)cc7)c7ccc8c(c7)C(c7ccccc7)(c7ccccc7)c7ccccc7-8)c6)cc5)ccc43)cc2)cc1. The molecule has 0 atom stereocenters. The average molecular weight is 1010 g/mol. The fourth-order valence-electron chi connectivity index (χ4n) is 12.8. The second kappa shape index (κ2) is 19.1. The largest absolute Gasteiger partial charge is 0.310 e. The summed E-state index contributed by atoms with van der Waals surface area (Å²) < 4.78 is 2.40. The molecule has 0 unspecified atom stereocenters. The molecule has 1 heterocycles. The van der Waals surface area contributed by atoms with Crippen molar-refractivity contribution < 1.29 is 0 Å². The first-order valence-electron chi connectivity index (χ1n) is 27.3. The van der Waals surface area contributed by atoms with E-state index < -0.39 is 5.41 Å². The molecule has 0 saturated carbocycles. The first-order valence-corrected chi connectivity index (χ1v) is 27.3. The molecule has 0 N–H and O–H groups in total. The standard InChI is InChI=1S/C77H52N2/c1-4-18-53(19-5-1)54-38-43-64(44-39-54)79-75-33-15-13-30-71(75)72-51-60(42-49-76(72)79)56-36-34-55(35-37-56)59-22-16-27-65(50-59)78(63-45-40-58(41-46-63)68-31-17-21-57-20-10-11-28-67(57)68)66-47-48-70-69-29-12-14-32-73(69)77(74(70)52-66,61-23-6-2-7-24-61)62-25-8-3-9-26-62/h1-52H. The molecule has 15 rings (SSSR count). The van der Waals surface area contributed by atoms with Crippen molar-refractivity contribution in [2.75, 3.05) is 4.90 Å². The molecule has 2 nitrogen and oxygen atoms in total. The van der Waals surface area contributed by atoms with Gasteiger partial charge in [-0.1, -0.05) is 249 Å². The molecule has 2 heteroatoms. The van der Waals surface area contributed by atoms with Gasteiger partial charge >= 0.3 is 0 Å². The molecule has 1 aliphatic rings. The van der Waals surface area contributed by atoms with Crippen LogP contribution in [-0.4, -0.2) is 4.57 Å². The minimum Gasteiger partial charge on any atom is -0.310 e. The van der Waals surface area contributed by atoms with E-state index >= 15 is 0 Å². The number of para-hydroxylation sites is 1. The second-order valence-electron chi connectivity index (χ2n) is 20.8. The van der Waals surface area contributed by atoms with Crippen LogP contribution in [0.15, 0.2) is 315 Å². The summed E-state index contributed by atoms with van der Waals surface area (Å²) in [6.45, 7) is 0. The number of benzene rings is 13. The van der Waals surface area contributed by atoms with Gasteiger partial charge in [-0.15, -0.1) is 0 Å². The number of anilines is 3. The second-order valence-corrected chi connectivity index (χ2v) is 20.8. The van der Waals surface area contributed by atoms with Gasteiger partial charge in [-0.3, -0.25) is 0 Å². The summed E-state index contributed by atoms with van der Waals surface area (Å²) in [4.78, 5) is 2.44. The Balaban J connectivity index is 0.826. The zero-order chi connectivity index (χ0) is 52.3. The molecule has 0 bridgehead atoms. The molecule has 14 aromatic rings. The summed E-state index contributed by atoms with van der Waals surface area (Å²) in [6, 6.07) is 116. The first-order chi connectivity index (χ1) is 39.2. The van der Waals surface area contributed by atoms with E-state index in [9.17, 15) is 0 Å². The maximum absolute atomic E-state index is 2.46. The van der Waals surface area contributed by atoms with Crippen LogP contribution in [0.1, 0.15) is 22.3 Å². The molecule has 13 aromatic carbocycles. The van der Waals surface area contributed by atoms with Gasteiger partial charge in [-0.2, -0.15) is 0 Å². The maximum Gasteiger partial charge on any atom is 0.0714 e. The summed E-state index contributed by atoms with van der Waals surface area (Å²) in [5, 5.41) is 4.97. The van der Waals surface area contributed by atoms with Gasteiger partial charge < -0.3 is 9.47 Å². The topological polar surface area (TPSA) is 8.17 Å². The van der Waals surface area contributed by atoms with Gasteiger partial charge in [-0.05, 0) is 155 Å². The highest BCUT2D eigenvalue weighted by Crippen LogP contribution is 2.57. The molecule has 79 heavy (non-hydrogen) atoms. The Labute approximate surface area is 461 Å². The van der Waals surface area contributed by atoms with E-state index in [0.717, 1.165) is 33.9 Å². The van der Waals surface area contributed by atoms with Gasteiger partial charge in [-0.25, -0.2) is 0 Å². The van der Waals surface area contributed by atoms with E-state index in [-0.39, 0.29) is 0 Å². The van der Waals surface area contributed by atoms with E-state index in [0.29, 0.717) is 0 Å². The summed E-state index contributed by atoms with van der Waals surface area (Å²) in [7, 11) is 0. The molecule has 1 aromatic heterocycles. The molecule has 1 aliphatic carbocycles. The Hall–Kier alpha value is -10.3. The van der Waals surface area contributed by atoms with Crippen molar-refractivity contribution in [1.82, 2.24) is 4.57 Å². The van der Waals surface area contributed by atoms with E-state index in [1.54, 1.807) is 0 Å². The lowest BCUT2D eigenvalue weighted by Gasteiger charge is -2.35. The summed E-state index contributed by atoms with van der Waals surface area (Å²) in [5.41, 5.74) is 23.4. The zero-order valence-corrected chi connectivity index (χ0v) is 43.4. The van der Waals surface area contributed by atoms with Crippen LogP contribution in [0.2, 0.25) is 0 Å². The number of hydrogen-bond donors (Lipinski definition) is 0. The fraction of sp³-hybridized carbons (Fsp3) is 0.0130. The van der Waals surface area contributed by atoms with Gasteiger partial charge in [0.15, 0.2) is 0 Å². The third kappa shape index (κ3) is 7.71. The van der Waals surface area contributed by atoms with Crippen LogP contribution in [0, 0.1) is 0 Å². The summed E-state index contributed by atoms with van der Waals surface area (Å²) in [6.07, 6.45) is 0. The Kier molecular flexibility index (Phi) is 11.1. The van der Waals surface area contributed by atoms with Crippen LogP contribution >= 0.6 is 0 Å². The highest BCUT2D eigenvalue weighted by atomic mass is 15.1. The van der Waals surface area contributed by atoms with Crippen molar-refractivity contribution in [2.24, 2.45) is 0 Å². The van der Waals surface area contributed by atoms with E-state index in [2.05, 4.69) is 325 Å². The van der Waals surface area contributed by atoms with Crippen molar-refractivity contribution in [3.05, 3.63) is 338 Å². The van der Waals surface area contributed by atoms with Gasteiger partial charge in [0.25, 0.3) is 0 Å². The van der Waals surface area contributed by atoms with Crippen molar-refractivity contribution in [2.45, 2.75) is 5.41 Å². The Morgan fingerprint density at radius 1 is 0.253 bits per heavy atom. The van der Waals surface area contributed by atoms with E-state index in [1.807, 2.05) is 0 Å². The molecular formula is C77H52N2. The van der Waals surface area contributed by atoms with Crippen molar-refractivity contribution in [3.63, 3.8) is 0 Å². The minimum atomic E-state index is -0.533. The quantitative estimate of drug-likeness (QED) is 0.133. The van der Waals surface area contributed by atoms with Crippen LogP contribution in [-0.2, 0) is 5.41 Å². The molecule has 0 radical (unpaired) electrons. The summed E-state index contributed by atoms with van der Waals surface area (Å²) in [5.74, 6) is 0. The molecular weight excluding hydrogens is 953 g/mol. The molecule has 0 spiro atoms. The predicted molar refractivity (Wildman–Crippen MR) is 332 cm³/mol. The molecule has 0 amide bonds. The molecule has 0 saturated heterocycles. The predicted octanol–water partition coefficient (Wildman–Crippen LogP) is 20.4. The Bertz CT molecular complexity index is 4510. The first kappa shape index (κ1) is 46.1. The third-order valence-electron chi connectivity index (χ3n) is 16.5. The smallest absolute Gasteiger partial charge is 0.0714 e. The van der Waals surface area contributed by atoms with Crippen LogP contribution < -0.4 is 4.90 Å². The van der Waals surface area contributed by atoms with Gasteiger partial charge in [0.05, 0.1) is 16.4 Å². The number of nitrogens with zero attached hydrogens (tertiary/aromatic N) is 2. The number of hydrogen-bond acceptors (Lipinski definition) is 1. The monoisotopic (exact) mass is 1000 g/mol. The van der Waals surface area contributed by atoms with E-state index in [4.69, 9.17) is 0 Å². The van der Waals surface area contributed by atoms with Gasteiger partial charge in [0.2, 0.25) is 0 Å². The van der Waals surface area contributed by atoms with Crippen LogP contribution in [0.25, 0.3) is 93.9 Å². The average Bonchev–Trinajstić information content (AvgIpc) is 4.07. The Morgan fingerprint density at radius 3 is 1.48 bits per heavy atom. The fourth-order valence-corrected chi connectivity index (χ4v) is 12.8. The van der Waals surface area contributed by atoms with Crippen molar-refractivity contribution in [3.8, 4) is 61.3 Å². The highest BCUT2D eigenvalue weighted by Gasteiger charge is 2.46. The highest BCUT2D eigenvalue weighted by molar-refractivity contribution is 6.10. The lowest BCUT2D eigenvalue weighted by molar-refractivity contribution is 0.768. The summed E-state index contributed by atoms with van der Waals surface area (Å²) >= 11 is 0. The molecule has 370 valence electrons. The normalized spacial score (nSPS) is 12.4. The van der Waals surface area contributed by atoms with Crippen molar-refractivity contribution in [1.29, 1.82) is 0 Å². The maximum atomic E-state index is 2.46. The van der Waals surface area contributed by atoms with Crippen LogP contribution in [0.3, 0.4) is 0 Å². The van der Waals surface area contributed by atoms with Crippen molar-refractivity contribution >= 4 is 49.6 Å². The lowest BCUT2D eigenvalue weighted by Crippen LogP contribution is -2.28. The third-order valence-corrected chi connectivity index (χ3v) is 16.5. The molecule has 0 aliphatic heterocycles. The number of rotatable bonds is 10.